The van der Waals surface area contributed by atoms with Gasteiger partial charge in [-0.15, -0.1) is 0 Å². The highest BCUT2D eigenvalue weighted by molar-refractivity contribution is 5.97. The molecule has 0 spiro atoms. The molecular weight excluding hydrogens is 354 g/mol. The Bertz CT molecular complexity index is 879. The molecule has 0 bridgehead atoms. The number of likely N-dealkylation sites (N-methyl/N-ethyl adjacent to an activating group) is 1. The number of hydrogen-bond acceptors (Lipinski definition) is 3. The van der Waals surface area contributed by atoms with Crippen molar-refractivity contribution in [2.75, 3.05) is 20.1 Å². The van der Waals surface area contributed by atoms with E-state index in [2.05, 4.69) is 25.9 Å². The van der Waals surface area contributed by atoms with Crippen LogP contribution in [0.2, 0.25) is 0 Å². The molecule has 1 aliphatic heterocycles. The first-order chi connectivity index (χ1) is 13.2. The Kier molecular flexibility index (Phi) is 5.63. The Morgan fingerprint density at radius 2 is 2.07 bits per heavy atom. The fourth-order valence-corrected chi connectivity index (χ4v) is 3.98. The molecule has 0 saturated carbocycles. The van der Waals surface area contributed by atoms with Gasteiger partial charge in [0.1, 0.15) is 11.7 Å². The van der Waals surface area contributed by atoms with E-state index >= 15 is 0 Å². The minimum absolute atomic E-state index is 0.00690. The molecular formula is C21H31N5O2. The van der Waals surface area contributed by atoms with Gasteiger partial charge in [0.25, 0.3) is 5.91 Å². The van der Waals surface area contributed by atoms with Crippen LogP contribution in [0.25, 0.3) is 0 Å². The second-order valence-electron chi connectivity index (χ2n) is 8.20. The van der Waals surface area contributed by atoms with Crippen LogP contribution >= 0.6 is 0 Å². The quantitative estimate of drug-likeness (QED) is 0.764. The molecule has 0 N–H and O–H groups in total. The fraction of sp³-hybridized carbons (Fsp3) is 0.571. The van der Waals surface area contributed by atoms with Crippen molar-refractivity contribution in [3.63, 3.8) is 0 Å². The molecule has 28 heavy (non-hydrogen) atoms. The third-order valence-corrected chi connectivity index (χ3v) is 5.63. The molecule has 0 radical (unpaired) electrons. The zero-order valence-electron chi connectivity index (χ0n) is 17.8. The predicted octanol–water partition coefficient (Wildman–Crippen LogP) is 2.02. The van der Waals surface area contributed by atoms with E-state index < -0.39 is 6.04 Å². The first-order valence-corrected chi connectivity index (χ1v) is 9.90. The zero-order chi connectivity index (χ0) is 20.6. The van der Waals surface area contributed by atoms with E-state index in [9.17, 15) is 9.59 Å². The van der Waals surface area contributed by atoms with Crippen LogP contribution < -0.4 is 0 Å². The van der Waals surface area contributed by atoms with Gasteiger partial charge in [-0.2, -0.15) is 5.10 Å². The van der Waals surface area contributed by atoms with Crippen molar-refractivity contribution in [1.29, 1.82) is 0 Å². The van der Waals surface area contributed by atoms with Gasteiger partial charge in [-0.25, -0.2) is 0 Å². The number of aryl methyl sites for hydroxylation is 2. The number of nitrogens with zero attached hydrogens (tertiary/aromatic N) is 5. The summed E-state index contributed by atoms with van der Waals surface area (Å²) in [5, 5.41) is 4.45. The third kappa shape index (κ3) is 3.70. The Morgan fingerprint density at radius 3 is 2.68 bits per heavy atom. The molecule has 0 aromatic carbocycles. The van der Waals surface area contributed by atoms with Gasteiger partial charge in [0.2, 0.25) is 5.91 Å². The molecule has 2 aromatic heterocycles. The molecule has 1 atom stereocenters. The zero-order valence-corrected chi connectivity index (χ0v) is 17.8. The van der Waals surface area contributed by atoms with Gasteiger partial charge in [-0.3, -0.25) is 14.3 Å². The Balaban J connectivity index is 1.76. The van der Waals surface area contributed by atoms with Gasteiger partial charge >= 0.3 is 0 Å². The highest BCUT2D eigenvalue weighted by atomic mass is 16.2. The summed E-state index contributed by atoms with van der Waals surface area (Å²) in [5.41, 5.74) is 3.99. The average Bonchev–Trinajstić information content (AvgIpc) is 3.19. The van der Waals surface area contributed by atoms with Crippen LogP contribution in [-0.4, -0.2) is 62.1 Å². The lowest BCUT2D eigenvalue weighted by Gasteiger charge is -2.38. The minimum atomic E-state index is -0.462. The van der Waals surface area contributed by atoms with Crippen molar-refractivity contribution in [1.82, 2.24) is 24.1 Å². The summed E-state index contributed by atoms with van der Waals surface area (Å²) < 4.78 is 3.77. The molecule has 152 valence electrons. The Hall–Kier alpha value is -2.57. The number of amides is 2. The maximum atomic E-state index is 13.3. The van der Waals surface area contributed by atoms with Gasteiger partial charge in [-0.1, -0.05) is 13.8 Å². The minimum Gasteiger partial charge on any atom is -0.344 e. The van der Waals surface area contributed by atoms with E-state index in [4.69, 9.17) is 0 Å². The number of carbonyl (C=O) groups excluding carboxylic acids is 2. The monoisotopic (exact) mass is 385 g/mol. The lowest BCUT2D eigenvalue weighted by Crippen LogP contribution is -2.56. The van der Waals surface area contributed by atoms with E-state index in [-0.39, 0.29) is 11.8 Å². The molecule has 0 aliphatic carbocycles. The van der Waals surface area contributed by atoms with Crippen molar-refractivity contribution in [2.45, 2.75) is 46.7 Å². The van der Waals surface area contributed by atoms with E-state index in [1.165, 1.54) is 5.56 Å². The smallest absolute Gasteiger partial charge is 0.271 e. The molecule has 1 aliphatic rings. The van der Waals surface area contributed by atoms with Gasteiger partial charge in [0.05, 0.1) is 12.2 Å². The normalized spacial score (nSPS) is 16.6. The van der Waals surface area contributed by atoms with Crippen LogP contribution in [0.1, 0.15) is 41.3 Å². The fourth-order valence-electron chi connectivity index (χ4n) is 3.98. The second-order valence-corrected chi connectivity index (χ2v) is 8.20. The standard InChI is InChI=1S/C21H31N5O2/c1-14(2)12-26-19(13-25-10-7-8-18(25)21(26)28)20(27)23(5)11-9-17-15(3)22-24(6)16(17)4/h7-8,10,14,19H,9,11-13H2,1-6H3. The molecule has 0 saturated heterocycles. The summed E-state index contributed by atoms with van der Waals surface area (Å²) in [6.45, 7) is 9.88. The summed E-state index contributed by atoms with van der Waals surface area (Å²) >= 11 is 0. The molecule has 2 aromatic rings. The van der Waals surface area contributed by atoms with Gasteiger partial charge in [0, 0.05) is 39.1 Å². The largest absolute Gasteiger partial charge is 0.344 e. The number of hydrogen-bond donors (Lipinski definition) is 0. The molecule has 7 nitrogen and oxygen atoms in total. The van der Waals surface area contributed by atoms with Gasteiger partial charge in [0.15, 0.2) is 0 Å². The average molecular weight is 386 g/mol. The molecule has 0 fully saturated rings. The van der Waals surface area contributed by atoms with Crippen LogP contribution in [0.3, 0.4) is 0 Å². The molecule has 3 rings (SSSR count). The van der Waals surface area contributed by atoms with E-state index in [0.717, 1.165) is 17.8 Å². The Morgan fingerprint density at radius 1 is 1.36 bits per heavy atom. The SMILES string of the molecule is Cc1nn(C)c(C)c1CCN(C)C(=O)C1Cn2cccc2C(=O)N1CC(C)C. The van der Waals surface area contributed by atoms with Crippen molar-refractivity contribution in [3.05, 3.63) is 41.0 Å². The maximum absolute atomic E-state index is 13.3. The topological polar surface area (TPSA) is 63.4 Å². The highest BCUT2D eigenvalue weighted by Gasteiger charge is 2.38. The summed E-state index contributed by atoms with van der Waals surface area (Å²) in [6.07, 6.45) is 2.63. The number of fused-ring (bicyclic) bond motifs is 1. The van der Waals surface area contributed by atoms with E-state index in [1.807, 2.05) is 48.6 Å². The second kappa shape index (κ2) is 7.81. The van der Waals surface area contributed by atoms with Crippen LogP contribution in [0.4, 0.5) is 0 Å². The van der Waals surface area contributed by atoms with Crippen LogP contribution in [0.15, 0.2) is 18.3 Å². The number of rotatable bonds is 6. The van der Waals surface area contributed by atoms with Crippen molar-refractivity contribution in [2.24, 2.45) is 13.0 Å². The number of carbonyl (C=O) groups is 2. The van der Waals surface area contributed by atoms with Crippen molar-refractivity contribution in [3.8, 4) is 0 Å². The first-order valence-electron chi connectivity index (χ1n) is 9.90. The Labute approximate surface area is 166 Å². The van der Waals surface area contributed by atoms with Gasteiger partial charge in [-0.05, 0) is 43.9 Å². The predicted molar refractivity (Wildman–Crippen MR) is 108 cm³/mol. The molecule has 3 heterocycles. The lowest BCUT2D eigenvalue weighted by atomic mass is 10.1. The van der Waals surface area contributed by atoms with Gasteiger partial charge < -0.3 is 14.4 Å². The molecule has 7 heteroatoms. The number of aromatic nitrogens is 3. The van der Waals surface area contributed by atoms with Crippen LogP contribution in [-0.2, 0) is 24.8 Å². The molecule has 1 unspecified atom stereocenters. The lowest BCUT2D eigenvalue weighted by molar-refractivity contribution is -0.135. The van der Waals surface area contributed by atoms with Crippen LogP contribution in [0.5, 0.6) is 0 Å². The molecule has 2 amide bonds. The maximum Gasteiger partial charge on any atom is 0.271 e. The summed E-state index contributed by atoms with van der Waals surface area (Å²) in [5.74, 6) is 0.231. The van der Waals surface area contributed by atoms with E-state index in [1.54, 1.807) is 9.80 Å². The highest BCUT2D eigenvalue weighted by Crippen LogP contribution is 2.21. The summed E-state index contributed by atoms with van der Waals surface area (Å²) in [4.78, 5) is 29.7. The summed E-state index contributed by atoms with van der Waals surface area (Å²) in [7, 11) is 3.76. The van der Waals surface area contributed by atoms with Crippen molar-refractivity contribution >= 4 is 11.8 Å². The third-order valence-electron chi connectivity index (χ3n) is 5.63. The van der Waals surface area contributed by atoms with Crippen molar-refractivity contribution < 1.29 is 9.59 Å². The van der Waals surface area contributed by atoms with Crippen LogP contribution in [0, 0.1) is 19.8 Å². The first kappa shape index (κ1) is 20.2. The van der Waals surface area contributed by atoms with E-state index in [0.29, 0.717) is 31.2 Å². The summed E-state index contributed by atoms with van der Waals surface area (Å²) in [6, 6.07) is 3.23.